The van der Waals surface area contributed by atoms with Crippen molar-refractivity contribution >= 4 is 40.8 Å². The Morgan fingerprint density at radius 1 is 1.33 bits per heavy atom. The first-order valence-corrected chi connectivity index (χ1v) is 7.32. The van der Waals surface area contributed by atoms with Crippen LogP contribution in [0.3, 0.4) is 0 Å². The Labute approximate surface area is 143 Å². The lowest BCUT2D eigenvalue weighted by Crippen LogP contribution is -2.35. The van der Waals surface area contributed by atoms with Gasteiger partial charge in [0.2, 0.25) is 0 Å². The van der Waals surface area contributed by atoms with Crippen LogP contribution in [0.4, 0.5) is 0 Å². The van der Waals surface area contributed by atoms with Gasteiger partial charge in [-0.1, -0.05) is 18.2 Å². The Balaban J connectivity index is 0.00000161. The van der Waals surface area contributed by atoms with Crippen molar-refractivity contribution in [2.24, 2.45) is 10.7 Å². The van der Waals surface area contributed by atoms with Gasteiger partial charge in [-0.05, 0) is 36.8 Å². The van der Waals surface area contributed by atoms with Crippen LogP contribution in [0.5, 0.6) is 0 Å². The van der Waals surface area contributed by atoms with Crippen molar-refractivity contribution in [3.05, 3.63) is 36.5 Å². The number of aliphatic imine (C=N–C) groups is 1. The highest BCUT2D eigenvalue weighted by Gasteiger charge is 2.27. The first kappa shape index (κ1) is 16.1. The molecule has 114 valence electrons. The average molecular weight is 398 g/mol. The number of nitrogens with two attached hydrogens (primary N) is 1. The minimum absolute atomic E-state index is 0. The molecule has 1 aliphatic carbocycles. The minimum atomic E-state index is 0. The van der Waals surface area contributed by atoms with Gasteiger partial charge in [-0.15, -0.1) is 24.0 Å². The summed E-state index contributed by atoms with van der Waals surface area (Å²) in [6, 6.07) is 11.3. The van der Waals surface area contributed by atoms with Gasteiger partial charge in [0.25, 0.3) is 0 Å². The summed E-state index contributed by atoms with van der Waals surface area (Å²) in [5, 5.41) is 1.30. The van der Waals surface area contributed by atoms with E-state index in [0.717, 1.165) is 19.5 Å². The van der Waals surface area contributed by atoms with Crippen molar-refractivity contribution in [3.63, 3.8) is 0 Å². The normalized spacial score (nSPS) is 15.0. The fraction of sp³-hybridized carbons (Fsp3) is 0.438. The van der Waals surface area contributed by atoms with Crippen LogP contribution in [0.1, 0.15) is 19.3 Å². The number of benzene rings is 1. The van der Waals surface area contributed by atoms with Gasteiger partial charge in [0.15, 0.2) is 5.96 Å². The third kappa shape index (κ3) is 3.90. The molecule has 0 radical (unpaired) electrons. The molecule has 21 heavy (non-hydrogen) atoms. The molecule has 3 rings (SSSR count). The largest absolute Gasteiger partial charge is 0.370 e. The van der Waals surface area contributed by atoms with E-state index in [4.69, 9.17) is 5.73 Å². The molecule has 5 heteroatoms. The molecule has 0 amide bonds. The Morgan fingerprint density at radius 2 is 2.10 bits per heavy atom. The Hall–Kier alpha value is -1.24. The van der Waals surface area contributed by atoms with E-state index in [0.29, 0.717) is 12.0 Å². The highest BCUT2D eigenvalue weighted by molar-refractivity contribution is 14.0. The Kier molecular flexibility index (Phi) is 5.50. The monoisotopic (exact) mass is 398 g/mol. The zero-order chi connectivity index (χ0) is 13.9. The molecule has 0 unspecified atom stereocenters. The zero-order valence-electron chi connectivity index (χ0n) is 12.4. The van der Waals surface area contributed by atoms with Crippen molar-refractivity contribution in [2.75, 3.05) is 13.6 Å². The number of nitrogens with zero attached hydrogens (tertiary/aromatic N) is 3. The lowest BCUT2D eigenvalue weighted by molar-refractivity contribution is 0.486. The second-order valence-corrected chi connectivity index (χ2v) is 5.50. The number of halogens is 1. The van der Waals surface area contributed by atoms with Crippen molar-refractivity contribution < 1.29 is 0 Å². The summed E-state index contributed by atoms with van der Waals surface area (Å²) in [6.45, 7) is 1.77. The minimum Gasteiger partial charge on any atom is -0.370 e. The molecular weight excluding hydrogens is 375 g/mol. The fourth-order valence-electron chi connectivity index (χ4n) is 2.53. The first-order valence-electron chi connectivity index (χ1n) is 7.32. The summed E-state index contributed by atoms with van der Waals surface area (Å²) < 4.78 is 2.28. The van der Waals surface area contributed by atoms with Crippen LogP contribution in [0.2, 0.25) is 0 Å². The summed E-state index contributed by atoms with van der Waals surface area (Å²) in [6.07, 6.45) is 5.66. The molecule has 1 aliphatic rings. The van der Waals surface area contributed by atoms with Crippen LogP contribution >= 0.6 is 24.0 Å². The standard InChI is InChI=1S/C16H22N4.HI/c1-19(14-7-8-14)16(17)18-10-4-11-20-12-9-13-5-2-3-6-15(13)20;/h2-3,5-6,9,12,14H,4,7-8,10-11H2,1H3,(H2,17,18);1H. The van der Waals surface area contributed by atoms with E-state index in [1.54, 1.807) is 0 Å². The van der Waals surface area contributed by atoms with E-state index in [2.05, 4.69) is 51.0 Å². The smallest absolute Gasteiger partial charge is 0.191 e. The number of hydrogen-bond acceptors (Lipinski definition) is 1. The van der Waals surface area contributed by atoms with Gasteiger partial charge in [-0.2, -0.15) is 0 Å². The molecule has 2 N–H and O–H groups in total. The second kappa shape index (κ2) is 7.15. The molecule has 1 aromatic heterocycles. The molecule has 1 heterocycles. The molecule has 4 nitrogen and oxygen atoms in total. The first-order chi connectivity index (χ1) is 9.75. The predicted molar refractivity (Wildman–Crippen MR) is 99.2 cm³/mol. The summed E-state index contributed by atoms with van der Waals surface area (Å²) in [4.78, 5) is 6.57. The number of aromatic nitrogens is 1. The summed E-state index contributed by atoms with van der Waals surface area (Å²) in [5.74, 6) is 0.685. The van der Waals surface area contributed by atoms with Gasteiger partial charge in [0.05, 0.1) is 0 Å². The van der Waals surface area contributed by atoms with Crippen molar-refractivity contribution in [1.29, 1.82) is 0 Å². The topological polar surface area (TPSA) is 46.5 Å². The van der Waals surface area contributed by atoms with Gasteiger partial charge < -0.3 is 15.2 Å². The van der Waals surface area contributed by atoms with Crippen LogP contribution in [-0.4, -0.2) is 35.1 Å². The molecule has 1 saturated carbocycles. The van der Waals surface area contributed by atoms with Crippen molar-refractivity contribution in [1.82, 2.24) is 9.47 Å². The van der Waals surface area contributed by atoms with Gasteiger partial charge in [-0.3, -0.25) is 4.99 Å². The number of aryl methyl sites for hydroxylation is 1. The molecule has 1 aromatic carbocycles. The highest BCUT2D eigenvalue weighted by Crippen LogP contribution is 2.24. The maximum atomic E-state index is 5.98. The van der Waals surface area contributed by atoms with Gasteiger partial charge in [0.1, 0.15) is 0 Å². The molecule has 1 fully saturated rings. The summed E-state index contributed by atoms with van der Waals surface area (Å²) in [5.41, 5.74) is 7.27. The van der Waals surface area contributed by atoms with Gasteiger partial charge >= 0.3 is 0 Å². The molecule has 2 aromatic rings. The number of guanidine groups is 1. The SMILES string of the molecule is CN(C(N)=NCCCn1ccc2ccccc21)C1CC1.I. The lowest BCUT2D eigenvalue weighted by atomic mass is 10.2. The van der Waals surface area contributed by atoms with Crippen LogP contribution in [0.15, 0.2) is 41.5 Å². The quantitative estimate of drug-likeness (QED) is 0.364. The number of hydrogen-bond donors (Lipinski definition) is 1. The molecule has 0 bridgehead atoms. The van der Waals surface area contributed by atoms with E-state index in [1.165, 1.54) is 23.7 Å². The fourth-order valence-corrected chi connectivity index (χ4v) is 2.53. The van der Waals surface area contributed by atoms with E-state index in [-0.39, 0.29) is 24.0 Å². The number of fused-ring (bicyclic) bond motifs is 1. The third-order valence-corrected chi connectivity index (χ3v) is 3.97. The van der Waals surface area contributed by atoms with Gasteiger partial charge in [0, 0.05) is 37.9 Å². The molecule has 0 aliphatic heterocycles. The maximum Gasteiger partial charge on any atom is 0.191 e. The predicted octanol–water partition coefficient (Wildman–Crippen LogP) is 3.06. The Morgan fingerprint density at radius 3 is 2.86 bits per heavy atom. The van der Waals surface area contributed by atoms with Gasteiger partial charge in [-0.25, -0.2) is 0 Å². The second-order valence-electron chi connectivity index (χ2n) is 5.50. The summed E-state index contributed by atoms with van der Waals surface area (Å²) in [7, 11) is 2.04. The van der Waals surface area contributed by atoms with Crippen LogP contribution in [-0.2, 0) is 6.54 Å². The van der Waals surface area contributed by atoms with Crippen molar-refractivity contribution in [3.8, 4) is 0 Å². The lowest BCUT2D eigenvalue weighted by Gasteiger charge is -2.16. The Bertz CT molecular complexity index is 616. The van der Waals surface area contributed by atoms with E-state index in [9.17, 15) is 0 Å². The molecular formula is C16H23IN4. The average Bonchev–Trinajstić information content (AvgIpc) is 3.24. The van der Waals surface area contributed by atoms with Crippen LogP contribution in [0, 0.1) is 0 Å². The van der Waals surface area contributed by atoms with E-state index < -0.39 is 0 Å². The maximum absolute atomic E-state index is 5.98. The highest BCUT2D eigenvalue weighted by atomic mass is 127. The zero-order valence-corrected chi connectivity index (χ0v) is 14.7. The number of rotatable bonds is 5. The molecule has 0 spiro atoms. The van der Waals surface area contributed by atoms with Crippen molar-refractivity contribution in [2.45, 2.75) is 31.8 Å². The summed E-state index contributed by atoms with van der Waals surface area (Å²) >= 11 is 0. The van der Waals surface area contributed by atoms with Crippen LogP contribution in [0.25, 0.3) is 10.9 Å². The number of para-hydroxylation sites is 1. The van der Waals surface area contributed by atoms with E-state index >= 15 is 0 Å². The third-order valence-electron chi connectivity index (χ3n) is 3.97. The molecule has 0 atom stereocenters. The van der Waals surface area contributed by atoms with E-state index in [1.807, 2.05) is 7.05 Å². The van der Waals surface area contributed by atoms with Crippen LogP contribution < -0.4 is 5.73 Å². The molecule has 0 saturated heterocycles.